The number of fused-ring (bicyclic) bond motifs is 4. The van der Waals surface area contributed by atoms with Crippen LogP contribution in [0.5, 0.6) is 0 Å². The van der Waals surface area contributed by atoms with Crippen LogP contribution in [0.4, 0.5) is 10.1 Å². The second-order valence-electron chi connectivity index (χ2n) is 10.2. The Morgan fingerprint density at radius 3 is 2.39 bits per heavy atom. The maximum absolute atomic E-state index is 15.2. The van der Waals surface area contributed by atoms with Crippen molar-refractivity contribution in [2.75, 3.05) is 18.0 Å². The van der Waals surface area contributed by atoms with Gasteiger partial charge in [-0.05, 0) is 57.7 Å². The molecule has 1 aromatic rings. The molecule has 0 saturated carbocycles. The summed E-state index contributed by atoms with van der Waals surface area (Å²) in [7, 11) is 0. The van der Waals surface area contributed by atoms with Crippen LogP contribution in [0.3, 0.4) is 0 Å². The molecule has 0 radical (unpaired) electrons. The van der Waals surface area contributed by atoms with Gasteiger partial charge in [0.1, 0.15) is 11.9 Å². The highest BCUT2D eigenvalue weighted by Gasteiger charge is 2.45. The number of amides is 3. The van der Waals surface area contributed by atoms with E-state index in [1.165, 1.54) is 11.0 Å². The molecule has 7 nitrogen and oxygen atoms in total. The number of anilines is 1. The molecule has 4 saturated heterocycles. The van der Waals surface area contributed by atoms with Gasteiger partial charge < -0.3 is 9.80 Å². The summed E-state index contributed by atoms with van der Waals surface area (Å²) in [4.78, 5) is 42.8. The molecule has 0 aliphatic carbocycles. The van der Waals surface area contributed by atoms with Gasteiger partial charge in [0, 0.05) is 49.2 Å². The normalized spacial score (nSPS) is 28.9. The molecule has 1 N–H and O–H groups in total. The number of carbonyl (C=O) groups is 3. The average molecular weight is 429 g/mol. The number of nitrogens with one attached hydrogen (secondary N) is 1. The topological polar surface area (TPSA) is 73.0 Å². The number of hydrogen-bond donors (Lipinski definition) is 1. The van der Waals surface area contributed by atoms with Crippen molar-refractivity contribution in [1.29, 1.82) is 0 Å². The Hall–Kier alpha value is -2.48. The van der Waals surface area contributed by atoms with E-state index < -0.39 is 11.9 Å². The van der Waals surface area contributed by atoms with Gasteiger partial charge in [-0.15, -0.1) is 0 Å². The van der Waals surface area contributed by atoms with Gasteiger partial charge in [-0.2, -0.15) is 0 Å². The van der Waals surface area contributed by atoms with Gasteiger partial charge >= 0.3 is 0 Å². The summed E-state index contributed by atoms with van der Waals surface area (Å²) in [5.41, 5.74) is 1.71. The molecule has 4 fully saturated rings. The van der Waals surface area contributed by atoms with E-state index in [1.807, 2.05) is 0 Å². The highest BCUT2D eigenvalue weighted by atomic mass is 19.1. The van der Waals surface area contributed by atoms with Crippen LogP contribution < -0.4 is 10.2 Å². The largest absolute Gasteiger partial charge is 0.363 e. The number of rotatable bonds is 2. The summed E-state index contributed by atoms with van der Waals surface area (Å²) < 4.78 is 15.2. The van der Waals surface area contributed by atoms with Crippen molar-refractivity contribution < 1.29 is 18.8 Å². The number of piperazine rings is 1. The Kier molecular flexibility index (Phi) is 4.62. The predicted molar refractivity (Wildman–Crippen MR) is 113 cm³/mol. The first-order valence-corrected chi connectivity index (χ1v) is 11.1. The average Bonchev–Trinajstić information content (AvgIpc) is 3.02. The van der Waals surface area contributed by atoms with Crippen molar-refractivity contribution in [2.45, 2.75) is 76.7 Å². The number of benzene rings is 1. The van der Waals surface area contributed by atoms with E-state index in [9.17, 15) is 14.4 Å². The van der Waals surface area contributed by atoms with Crippen LogP contribution in [-0.2, 0) is 16.1 Å². The molecule has 8 heteroatoms. The Labute approximate surface area is 181 Å². The van der Waals surface area contributed by atoms with Gasteiger partial charge in [-0.1, -0.05) is 0 Å². The van der Waals surface area contributed by atoms with Gasteiger partial charge in [0.25, 0.3) is 5.91 Å². The van der Waals surface area contributed by atoms with Gasteiger partial charge in [-0.25, -0.2) is 4.39 Å². The second kappa shape index (κ2) is 7.02. The summed E-state index contributed by atoms with van der Waals surface area (Å²) in [5, 5.41) is 2.30. The number of hydrogen-bond acceptors (Lipinski definition) is 5. The predicted octanol–water partition coefficient (Wildman–Crippen LogP) is 2.04. The number of halogens is 1. The van der Waals surface area contributed by atoms with Crippen LogP contribution in [0.15, 0.2) is 12.1 Å². The number of piperidine rings is 3. The molecule has 0 aromatic heterocycles. The lowest BCUT2D eigenvalue weighted by Crippen LogP contribution is -2.67. The lowest BCUT2D eigenvalue weighted by atomic mass is 9.86. The van der Waals surface area contributed by atoms with Crippen molar-refractivity contribution in [3.8, 4) is 0 Å². The SMILES string of the molecule is CC(C)(C)N1CC2CCC1CN2c1cc2c(cc1F)C(=O)N([C@@H]1CCC(=O)NC1=O)C2. The first kappa shape index (κ1) is 20.4. The number of carbonyl (C=O) groups excluding carboxylic acids is 3. The smallest absolute Gasteiger partial charge is 0.255 e. The van der Waals surface area contributed by atoms with E-state index in [1.54, 1.807) is 6.07 Å². The zero-order valence-corrected chi connectivity index (χ0v) is 18.3. The highest BCUT2D eigenvalue weighted by molar-refractivity contribution is 6.05. The maximum atomic E-state index is 15.2. The molecule has 2 unspecified atom stereocenters. The molecule has 5 aliphatic rings. The molecule has 5 aliphatic heterocycles. The fourth-order valence-electron chi connectivity index (χ4n) is 5.74. The summed E-state index contributed by atoms with van der Waals surface area (Å²) in [6.07, 6.45) is 2.66. The minimum absolute atomic E-state index is 0.0841. The third-order valence-electron chi connectivity index (χ3n) is 7.29. The molecule has 3 amide bonds. The molecule has 1 aromatic carbocycles. The minimum Gasteiger partial charge on any atom is -0.363 e. The lowest BCUT2D eigenvalue weighted by molar-refractivity contribution is -0.136. The van der Waals surface area contributed by atoms with Crippen molar-refractivity contribution in [2.24, 2.45) is 0 Å². The molecular weight excluding hydrogens is 399 g/mol. The third-order valence-corrected chi connectivity index (χ3v) is 7.29. The summed E-state index contributed by atoms with van der Waals surface area (Å²) in [6, 6.07) is 3.09. The van der Waals surface area contributed by atoms with Gasteiger partial charge in [0.2, 0.25) is 11.8 Å². The third kappa shape index (κ3) is 3.32. The molecule has 0 spiro atoms. The van der Waals surface area contributed by atoms with Crippen LogP contribution in [0.25, 0.3) is 0 Å². The van der Waals surface area contributed by atoms with Crippen LogP contribution >= 0.6 is 0 Å². The monoisotopic (exact) mass is 428 g/mol. The lowest BCUT2D eigenvalue weighted by Gasteiger charge is -2.56. The Morgan fingerprint density at radius 2 is 1.74 bits per heavy atom. The van der Waals surface area contributed by atoms with E-state index in [0.717, 1.165) is 31.5 Å². The van der Waals surface area contributed by atoms with E-state index in [4.69, 9.17) is 0 Å². The molecule has 3 atom stereocenters. The van der Waals surface area contributed by atoms with Crippen LogP contribution in [0.1, 0.15) is 62.4 Å². The van der Waals surface area contributed by atoms with Crippen molar-refractivity contribution in [3.05, 3.63) is 29.1 Å². The minimum atomic E-state index is -0.685. The van der Waals surface area contributed by atoms with E-state index >= 15 is 4.39 Å². The van der Waals surface area contributed by atoms with E-state index in [0.29, 0.717) is 23.7 Å². The van der Waals surface area contributed by atoms with Crippen molar-refractivity contribution in [1.82, 2.24) is 15.1 Å². The molecule has 2 bridgehead atoms. The molecule has 6 rings (SSSR count). The van der Waals surface area contributed by atoms with Crippen LogP contribution in [0, 0.1) is 5.82 Å². The summed E-state index contributed by atoms with van der Waals surface area (Å²) in [5.74, 6) is -1.49. The maximum Gasteiger partial charge on any atom is 0.255 e. The van der Waals surface area contributed by atoms with E-state index in [2.05, 4.69) is 35.9 Å². The van der Waals surface area contributed by atoms with Crippen molar-refractivity contribution in [3.63, 3.8) is 0 Å². The fourth-order valence-corrected chi connectivity index (χ4v) is 5.74. The Morgan fingerprint density at radius 1 is 1.00 bits per heavy atom. The molecule has 5 heterocycles. The first-order valence-electron chi connectivity index (χ1n) is 11.1. The molecular formula is C23H29FN4O3. The van der Waals surface area contributed by atoms with Gasteiger partial charge in [0.15, 0.2) is 0 Å². The summed E-state index contributed by atoms with van der Waals surface area (Å²) in [6.45, 7) is 8.63. The standard InChI is InChI=1S/C23H29FN4O3/c1-23(2,3)28-12-14-4-5-15(28)11-26(14)19-8-13-10-27(22(31)16(13)9-17(19)24)18-6-7-20(29)25-21(18)30/h8-9,14-15,18H,4-7,10-12H2,1-3H3,(H,25,29,30)/t14?,15?,18-/m1/s1. The fraction of sp³-hybridized carbons (Fsp3) is 0.609. The van der Waals surface area contributed by atoms with E-state index in [-0.39, 0.29) is 42.2 Å². The van der Waals surface area contributed by atoms with Crippen molar-refractivity contribution >= 4 is 23.4 Å². The number of nitrogens with zero attached hydrogens (tertiary/aromatic N) is 3. The summed E-state index contributed by atoms with van der Waals surface area (Å²) >= 11 is 0. The second-order valence-corrected chi connectivity index (χ2v) is 10.2. The molecule has 31 heavy (non-hydrogen) atoms. The first-order chi connectivity index (χ1) is 14.6. The zero-order chi connectivity index (χ0) is 22.1. The molecule has 166 valence electrons. The quantitative estimate of drug-likeness (QED) is 0.730. The Balaban J connectivity index is 1.40. The van der Waals surface area contributed by atoms with Crippen LogP contribution in [0.2, 0.25) is 0 Å². The Bertz CT molecular complexity index is 972. The zero-order valence-electron chi connectivity index (χ0n) is 18.3. The van der Waals surface area contributed by atoms with Gasteiger partial charge in [0.05, 0.1) is 5.69 Å². The number of imide groups is 1. The highest BCUT2D eigenvalue weighted by Crippen LogP contribution is 2.39. The van der Waals surface area contributed by atoms with Gasteiger partial charge in [-0.3, -0.25) is 24.6 Å². The van der Waals surface area contributed by atoms with Crippen LogP contribution in [-0.4, -0.2) is 64.3 Å².